The first-order chi connectivity index (χ1) is 13.6. The topological polar surface area (TPSA) is 85.3 Å². The summed E-state index contributed by atoms with van der Waals surface area (Å²) >= 11 is 0. The minimum atomic E-state index is 0.0449. The Kier molecular flexibility index (Phi) is 4.05. The van der Waals surface area contributed by atoms with Crippen LogP contribution in [0.5, 0.6) is 5.75 Å². The standard InChI is InChI=1S/C21H23N5O2/c1-13-19-17(21(28)26-10-9-25-8-2-3-15(25)12-26)11-18(22-20(19)24-23-13)14-4-6-16(27)7-5-14/h4-7,11,15,27H,2-3,8-10,12H2,1H3,(H,22,23,24)/t15-/m0/s1. The molecule has 0 spiro atoms. The van der Waals surface area contributed by atoms with E-state index in [2.05, 4.69) is 20.1 Å². The fraction of sp³-hybridized carbons (Fsp3) is 0.381. The number of aryl methyl sites for hydroxylation is 1. The zero-order chi connectivity index (χ0) is 19.3. The number of rotatable bonds is 2. The number of fused-ring (bicyclic) bond motifs is 2. The third kappa shape index (κ3) is 2.82. The minimum absolute atomic E-state index is 0.0449. The Labute approximate surface area is 163 Å². The molecule has 2 N–H and O–H groups in total. The van der Waals surface area contributed by atoms with E-state index in [0.717, 1.165) is 42.8 Å². The molecule has 2 aliphatic rings. The van der Waals surface area contributed by atoms with Gasteiger partial charge in [-0.25, -0.2) is 4.98 Å². The number of aromatic amines is 1. The van der Waals surface area contributed by atoms with Crippen molar-refractivity contribution >= 4 is 16.9 Å². The first-order valence-electron chi connectivity index (χ1n) is 9.78. The number of piperazine rings is 1. The van der Waals surface area contributed by atoms with Gasteiger partial charge in [-0.2, -0.15) is 5.10 Å². The molecule has 2 fully saturated rings. The summed E-state index contributed by atoms with van der Waals surface area (Å²) in [6, 6.07) is 9.19. The van der Waals surface area contributed by atoms with Crippen LogP contribution in [0.3, 0.4) is 0 Å². The number of carbonyl (C=O) groups is 1. The number of phenols is 1. The molecule has 5 rings (SSSR count). The Hall–Kier alpha value is -2.93. The summed E-state index contributed by atoms with van der Waals surface area (Å²) in [5.41, 5.74) is 3.57. The lowest BCUT2D eigenvalue weighted by Gasteiger charge is -2.37. The van der Waals surface area contributed by atoms with Crippen LogP contribution in [0.15, 0.2) is 30.3 Å². The lowest BCUT2D eigenvalue weighted by atomic mass is 10.0. The van der Waals surface area contributed by atoms with Gasteiger partial charge in [-0.1, -0.05) is 0 Å². The first kappa shape index (κ1) is 17.2. The van der Waals surface area contributed by atoms with E-state index in [4.69, 9.17) is 0 Å². The van der Waals surface area contributed by atoms with Crippen LogP contribution in [0.2, 0.25) is 0 Å². The highest BCUT2D eigenvalue weighted by Crippen LogP contribution is 2.29. The Morgan fingerprint density at radius 3 is 2.86 bits per heavy atom. The van der Waals surface area contributed by atoms with Crippen molar-refractivity contribution in [1.29, 1.82) is 0 Å². The summed E-state index contributed by atoms with van der Waals surface area (Å²) in [6.07, 6.45) is 2.39. The van der Waals surface area contributed by atoms with Crippen LogP contribution < -0.4 is 0 Å². The van der Waals surface area contributed by atoms with Crippen LogP contribution in [-0.4, -0.2) is 68.2 Å². The van der Waals surface area contributed by atoms with Gasteiger partial charge in [0.15, 0.2) is 5.65 Å². The van der Waals surface area contributed by atoms with Gasteiger partial charge in [0, 0.05) is 36.9 Å². The molecule has 1 aromatic carbocycles. The smallest absolute Gasteiger partial charge is 0.254 e. The van der Waals surface area contributed by atoms with Gasteiger partial charge in [-0.05, 0) is 56.6 Å². The predicted octanol–water partition coefficient (Wildman–Crippen LogP) is 2.56. The molecule has 0 bridgehead atoms. The van der Waals surface area contributed by atoms with Gasteiger partial charge in [0.05, 0.1) is 16.6 Å². The summed E-state index contributed by atoms with van der Waals surface area (Å²) in [5.74, 6) is 0.245. The van der Waals surface area contributed by atoms with Gasteiger partial charge in [0.1, 0.15) is 5.75 Å². The van der Waals surface area contributed by atoms with E-state index in [9.17, 15) is 9.90 Å². The van der Waals surface area contributed by atoms with E-state index in [0.29, 0.717) is 22.9 Å². The molecule has 0 saturated carbocycles. The van der Waals surface area contributed by atoms with Gasteiger partial charge < -0.3 is 10.0 Å². The fourth-order valence-corrected chi connectivity index (χ4v) is 4.47. The molecule has 0 aliphatic carbocycles. The quantitative estimate of drug-likeness (QED) is 0.717. The van der Waals surface area contributed by atoms with Gasteiger partial charge >= 0.3 is 0 Å². The van der Waals surface area contributed by atoms with E-state index in [1.54, 1.807) is 24.3 Å². The number of aromatic nitrogens is 3. The molecule has 28 heavy (non-hydrogen) atoms. The monoisotopic (exact) mass is 377 g/mol. The summed E-state index contributed by atoms with van der Waals surface area (Å²) in [5, 5.41) is 17.6. The fourth-order valence-electron chi connectivity index (χ4n) is 4.47. The number of hydrogen-bond acceptors (Lipinski definition) is 5. The second-order valence-electron chi connectivity index (χ2n) is 7.73. The van der Waals surface area contributed by atoms with Crippen LogP contribution in [0.25, 0.3) is 22.3 Å². The number of amides is 1. The van der Waals surface area contributed by atoms with Gasteiger partial charge in [0.2, 0.25) is 0 Å². The summed E-state index contributed by atoms with van der Waals surface area (Å²) in [4.78, 5) is 22.6. The average Bonchev–Trinajstić information content (AvgIpc) is 3.33. The molecule has 7 nitrogen and oxygen atoms in total. The van der Waals surface area contributed by atoms with E-state index in [1.165, 1.54) is 12.8 Å². The molecule has 0 unspecified atom stereocenters. The van der Waals surface area contributed by atoms with E-state index in [1.807, 2.05) is 17.9 Å². The molecule has 2 saturated heterocycles. The highest BCUT2D eigenvalue weighted by Gasteiger charge is 2.33. The van der Waals surface area contributed by atoms with Crippen molar-refractivity contribution < 1.29 is 9.90 Å². The van der Waals surface area contributed by atoms with Crippen LogP contribution in [0.4, 0.5) is 0 Å². The number of H-pyrrole nitrogens is 1. The molecule has 0 radical (unpaired) electrons. The number of nitrogens with zero attached hydrogens (tertiary/aromatic N) is 4. The molecule has 2 aromatic heterocycles. The highest BCUT2D eigenvalue weighted by molar-refractivity contribution is 6.07. The zero-order valence-electron chi connectivity index (χ0n) is 15.9. The predicted molar refractivity (Wildman–Crippen MR) is 106 cm³/mol. The van der Waals surface area contributed by atoms with E-state index >= 15 is 0 Å². The largest absolute Gasteiger partial charge is 0.508 e. The summed E-state index contributed by atoms with van der Waals surface area (Å²) in [7, 11) is 0. The van der Waals surface area contributed by atoms with Crippen molar-refractivity contribution in [3.63, 3.8) is 0 Å². The Bertz CT molecular complexity index is 1040. The van der Waals surface area contributed by atoms with Gasteiger partial charge in [-0.3, -0.25) is 14.8 Å². The normalized spacial score (nSPS) is 19.9. The Morgan fingerprint density at radius 2 is 2.04 bits per heavy atom. The van der Waals surface area contributed by atoms with Gasteiger partial charge in [0.25, 0.3) is 5.91 Å². The molecule has 1 amide bonds. The average molecular weight is 377 g/mol. The highest BCUT2D eigenvalue weighted by atomic mass is 16.3. The maximum atomic E-state index is 13.5. The van der Waals surface area contributed by atoms with Crippen molar-refractivity contribution in [3.05, 3.63) is 41.6 Å². The SMILES string of the molecule is Cc1[nH]nc2nc(-c3ccc(O)cc3)cc(C(=O)N3CCN4CCC[C@H]4C3)c12. The third-order valence-electron chi connectivity index (χ3n) is 5.97. The minimum Gasteiger partial charge on any atom is -0.508 e. The van der Waals surface area contributed by atoms with Crippen LogP contribution >= 0.6 is 0 Å². The zero-order valence-corrected chi connectivity index (χ0v) is 15.9. The van der Waals surface area contributed by atoms with Crippen molar-refractivity contribution in [3.8, 4) is 17.0 Å². The van der Waals surface area contributed by atoms with E-state index in [-0.39, 0.29) is 11.7 Å². The van der Waals surface area contributed by atoms with Crippen molar-refractivity contribution in [2.75, 3.05) is 26.2 Å². The van der Waals surface area contributed by atoms with Crippen molar-refractivity contribution in [2.24, 2.45) is 0 Å². The number of benzene rings is 1. The number of nitrogens with one attached hydrogen (secondary N) is 1. The summed E-state index contributed by atoms with van der Waals surface area (Å²) in [6.45, 7) is 5.56. The van der Waals surface area contributed by atoms with E-state index < -0.39 is 0 Å². The lowest BCUT2D eigenvalue weighted by molar-refractivity contribution is 0.0573. The number of pyridine rings is 1. The molecule has 144 valence electrons. The lowest BCUT2D eigenvalue weighted by Crippen LogP contribution is -2.52. The van der Waals surface area contributed by atoms with Crippen LogP contribution in [0, 0.1) is 6.92 Å². The molecule has 7 heteroatoms. The van der Waals surface area contributed by atoms with Crippen molar-refractivity contribution in [1.82, 2.24) is 25.0 Å². The van der Waals surface area contributed by atoms with Gasteiger partial charge in [-0.15, -0.1) is 0 Å². The van der Waals surface area contributed by atoms with Crippen LogP contribution in [-0.2, 0) is 0 Å². The molecule has 1 atom stereocenters. The third-order valence-corrected chi connectivity index (χ3v) is 5.97. The number of hydrogen-bond donors (Lipinski definition) is 2. The number of carbonyl (C=O) groups excluding carboxylic acids is 1. The molecule has 3 aromatic rings. The Balaban J connectivity index is 1.56. The maximum Gasteiger partial charge on any atom is 0.254 e. The second-order valence-corrected chi connectivity index (χ2v) is 7.73. The second kappa shape index (κ2) is 6.60. The first-order valence-corrected chi connectivity index (χ1v) is 9.78. The molecule has 4 heterocycles. The summed E-state index contributed by atoms with van der Waals surface area (Å²) < 4.78 is 0. The molecular formula is C21H23N5O2. The van der Waals surface area contributed by atoms with Crippen LogP contribution in [0.1, 0.15) is 28.9 Å². The molecular weight excluding hydrogens is 354 g/mol. The maximum absolute atomic E-state index is 13.5. The number of aromatic hydroxyl groups is 1. The molecule has 2 aliphatic heterocycles. The Morgan fingerprint density at radius 1 is 1.21 bits per heavy atom. The number of phenolic OH excluding ortho intramolecular Hbond substituents is 1. The van der Waals surface area contributed by atoms with Crippen molar-refractivity contribution in [2.45, 2.75) is 25.8 Å².